The molecular weight excluding hydrogens is 432 g/mol. The third-order valence-corrected chi connectivity index (χ3v) is 5.95. The Balaban J connectivity index is 1.38. The summed E-state index contributed by atoms with van der Waals surface area (Å²) in [6.45, 7) is -0.337. The van der Waals surface area contributed by atoms with Crippen molar-refractivity contribution in [2.75, 3.05) is 0 Å². The Morgan fingerprint density at radius 1 is 1.00 bits per heavy atom. The number of carbonyl (C=O) groups excluding carboxylic acids is 1. The molecule has 0 saturated heterocycles. The quantitative estimate of drug-likeness (QED) is 0.378. The number of benzene rings is 2. The number of ether oxygens (including phenoxy) is 1. The molecule has 34 heavy (non-hydrogen) atoms. The van der Waals surface area contributed by atoms with Crippen molar-refractivity contribution in [1.29, 1.82) is 0 Å². The van der Waals surface area contributed by atoms with Crippen LogP contribution in [0, 0.1) is 0 Å². The van der Waals surface area contributed by atoms with Crippen molar-refractivity contribution >= 4 is 39.4 Å². The number of rotatable bonds is 4. The average Bonchev–Trinajstić information content (AvgIpc) is 3.52. The van der Waals surface area contributed by atoms with E-state index in [0.29, 0.717) is 33.8 Å². The molecule has 0 fully saturated rings. The van der Waals surface area contributed by atoms with E-state index in [9.17, 15) is 9.59 Å². The summed E-state index contributed by atoms with van der Waals surface area (Å²) in [6.07, 6.45) is 4.96. The molecule has 0 saturated carbocycles. The van der Waals surface area contributed by atoms with Crippen LogP contribution in [0.3, 0.4) is 0 Å². The van der Waals surface area contributed by atoms with E-state index in [0.717, 1.165) is 33.7 Å². The van der Waals surface area contributed by atoms with E-state index < -0.39 is 5.97 Å². The van der Waals surface area contributed by atoms with Gasteiger partial charge in [-0.05, 0) is 60.4 Å². The highest BCUT2D eigenvalue weighted by atomic mass is 16.5. The van der Waals surface area contributed by atoms with Crippen molar-refractivity contribution in [2.45, 2.75) is 19.6 Å². The van der Waals surface area contributed by atoms with Gasteiger partial charge in [-0.15, -0.1) is 5.10 Å². The number of pyridine rings is 1. The highest BCUT2D eigenvalue weighted by Crippen LogP contribution is 2.37. The molecule has 1 aliphatic rings. The topological polar surface area (TPSA) is 100 Å². The van der Waals surface area contributed by atoms with Gasteiger partial charge in [0.2, 0.25) is 0 Å². The fourth-order valence-electron chi connectivity index (χ4n) is 4.36. The summed E-state index contributed by atoms with van der Waals surface area (Å²) in [4.78, 5) is 30.9. The second kappa shape index (κ2) is 8.08. The SMILES string of the molecule is O=C(OCn1nnc2ccccc2c1=O)c1c2c(nc3ccccc13)C(=Cc1ccco1)CC2. The van der Waals surface area contributed by atoms with Gasteiger partial charge in [0, 0.05) is 5.39 Å². The Labute approximate surface area is 193 Å². The van der Waals surface area contributed by atoms with Crippen LogP contribution in [0.1, 0.15) is 33.8 Å². The van der Waals surface area contributed by atoms with E-state index in [2.05, 4.69) is 10.3 Å². The molecule has 0 spiro atoms. The lowest BCUT2D eigenvalue weighted by molar-refractivity contribution is 0.0337. The van der Waals surface area contributed by atoms with Gasteiger partial charge in [-0.2, -0.15) is 4.68 Å². The Bertz CT molecular complexity index is 1650. The van der Waals surface area contributed by atoms with Gasteiger partial charge in [-0.25, -0.2) is 9.78 Å². The normalized spacial score (nSPS) is 14.1. The van der Waals surface area contributed by atoms with Crippen molar-refractivity contribution in [1.82, 2.24) is 20.0 Å². The molecule has 0 amide bonds. The van der Waals surface area contributed by atoms with E-state index in [1.807, 2.05) is 42.5 Å². The van der Waals surface area contributed by atoms with Crippen LogP contribution in [0.25, 0.3) is 33.5 Å². The summed E-state index contributed by atoms with van der Waals surface area (Å²) in [7, 11) is 0. The third-order valence-electron chi connectivity index (χ3n) is 5.95. The van der Waals surface area contributed by atoms with Crippen molar-refractivity contribution < 1.29 is 13.9 Å². The highest BCUT2D eigenvalue weighted by molar-refractivity contribution is 6.07. The maximum absolute atomic E-state index is 13.3. The first-order valence-corrected chi connectivity index (χ1v) is 10.8. The van der Waals surface area contributed by atoms with Crippen LogP contribution in [-0.4, -0.2) is 25.9 Å². The summed E-state index contributed by atoms with van der Waals surface area (Å²) < 4.78 is 12.1. The summed E-state index contributed by atoms with van der Waals surface area (Å²) in [5, 5.41) is 9.07. The standard InChI is InChI=1S/C26H18N4O4/c31-25-19-8-2-4-10-22(19)28-29-30(25)15-34-26(32)23-18-7-1-3-9-21(18)27-24-16(11-12-20(23)24)14-17-6-5-13-33-17/h1-10,13-14H,11-12,15H2. The fraction of sp³-hybridized carbons (Fsp3) is 0.115. The van der Waals surface area contributed by atoms with Crippen LogP contribution in [0.15, 0.2) is 76.1 Å². The Kier molecular flexibility index (Phi) is 4.76. The molecule has 1 aliphatic carbocycles. The zero-order chi connectivity index (χ0) is 23.1. The van der Waals surface area contributed by atoms with Crippen LogP contribution >= 0.6 is 0 Å². The summed E-state index contributed by atoms with van der Waals surface area (Å²) >= 11 is 0. The zero-order valence-corrected chi connectivity index (χ0v) is 18.0. The molecule has 0 radical (unpaired) electrons. The predicted molar refractivity (Wildman–Crippen MR) is 126 cm³/mol. The molecule has 3 heterocycles. The second-order valence-corrected chi connectivity index (χ2v) is 7.99. The maximum Gasteiger partial charge on any atom is 0.340 e. The molecule has 8 heteroatoms. The lowest BCUT2D eigenvalue weighted by Crippen LogP contribution is -2.26. The Morgan fingerprint density at radius 3 is 2.62 bits per heavy atom. The molecule has 0 N–H and O–H groups in total. The first-order chi connectivity index (χ1) is 16.7. The highest BCUT2D eigenvalue weighted by Gasteiger charge is 2.28. The first-order valence-electron chi connectivity index (χ1n) is 10.8. The van der Waals surface area contributed by atoms with Crippen LogP contribution in [0.2, 0.25) is 0 Å². The number of aromatic nitrogens is 4. The van der Waals surface area contributed by atoms with Gasteiger partial charge in [-0.3, -0.25) is 4.79 Å². The first kappa shape index (κ1) is 20.0. The van der Waals surface area contributed by atoms with Crippen LogP contribution in [-0.2, 0) is 17.9 Å². The number of esters is 1. The third kappa shape index (κ3) is 3.36. The molecule has 166 valence electrons. The lowest BCUT2D eigenvalue weighted by Gasteiger charge is -2.12. The second-order valence-electron chi connectivity index (χ2n) is 7.99. The van der Waals surface area contributed by atoms with Crippen molar-refractivity contribution in [3.05, 3.63) is 99.9 Å². The maximum atomic E-state index is 13.3. The molecule has 3 aromatic heterocycles. The van der Waals surface area contributed by atoms with Gasteiger partial charge < -0.3 is 9.15 Å². The number of allylic oxidation sites excluding steroid dienone is 1. The lowest BCUT2D eigenvalue weighted by atomic mass is 10.0. The minimum absolute atomic E-state index is 0.337. The smallest absolute Gasteiger partial charge is 0.340 e. The summed E-state index contributed by atoms with van der Waals surface area (Å²) in [5.41, 5.74) is 3.88. The van der Waals surface area contributed by atoms with Gasteiger partial charge in [0.25, 0.3) is 5.56 Å². The van der Waals surface area contributed by atoms with Crippen molar-refractivity contribution in [3.63, 3.8) is 0 Å². The minimum atomic E-state index is -0.532. The van der Waals surface area contributed by atoms with Crippen LogP contribution < -0.4 is 5.56 Å². The molecule has 0 aliphatic heterocycles. The number of fused-ring (bicyclic) bond motifs is 3. The fourth-order valence-corrected chi connectivity index (χ4v) is 4.36. The van der Waals surface area contributed by atoms with Crippen LogP contribution in [0.5, 0.6) is 0 Å². The number of nitrogens with zero attached hydrogens (tertiary/aromatic N) is 4. The molecule has 8 nitrogen and oxygen atoms in total. The molecule has 2 aromatic carbocycles. The van der Waals surface area contributed by atoms with E-state index in [4.69, 9.17) is 14.1 Å². The molecule has 0 unspecified atom stereocenters. The number of carbonyl (C=O) groups is 1. The Hall–Kier alpha value is -4.59. The predicted octanol–water partition coefficient (Wildman–Crippen LogP) is 4.23. The van der Waals surface area contributed by atoms with Gasteiger partial charge in [0.1, 0.15) is 11.3 Å². The zero-order valence-electron chi connectivity index (χ0n) is 18.0. The van der Waals surface area contributed by atoms with E-state index in [1.165, 1.54) is 0 Å². The van der Waals surface area contributed by atoms with Crippen LogP contribution in [0.4, 0.5) is 0 Å². The molecule has 0 atom stereocenters. The van der Waals surface area contributed by atoms with Crippen molar-refractivity contribution in [2.24, 2.45) is 0 Å². The van der Waals surface area contributed by atoms with Crippen molar-refractivity contribution in [3.8, 4) is 0 Å². The minimum Gasteiger partial charge on any atom is -0.465 e. The van der Waals surface area contributed by atoms with E-state index in [1.54, 1.807) is 30.5 Å². The summed E-state index contributed by atoms with van der Waals surface area (Å²) in [5.74, 6) is 0.201. The van der Waals surface area contributed by atoms with Gasteiger partial charge in [-0.1, -0.05) is 35.5 Å². The Morgan fingerprint density at radius 2 is 1.79 bits per heavy atom. The number of hydrogen-bond donors (Lipinski definition) is 0. The molecular formula is C26H18N4O4. The number of furan rings is 1. The van der Waals surface area contributed by atoms with Gasteiger partial charge in [0.05, 0.1) is 28.4 Å². The van der Waals surface area contributed by atoms with E-state index in [-0.39, 0.29) is 12.3 Å². The summed E-state index contributed by atoms with van der Waals surface area (Å²) in [6, 6.07) is 18.1. The molecule has 0 bridgehead atoms. The average molecular weight is 450 g/mol. The van der Waals surface area contributed by atoms with E-state index >= 15 is 0 Å². The largest absolute Gasteiger partial charge is 0.465 e. The number of para-hydroxylation sites is 1. The van der Waals surface area contributed by atoms with Gasteiger partial charge >= 0.3 is 5.97 Å². The molecule has 5 aromatic rings. The number of hydrogen-bond acceptors (Lipinski definition) is 7. The monoisotopic (exact) mass is 450 g/mol. The molecule has 6 rings (SSSR count). The van der Waals surface area contributed by atoms with Gasteiger partial charge in [0.15, 0.2) is 6.73 Å².